The first kappa shape index (κ1) is 13.7. The zero-order valence-electron chi connectivity index (χ0n) is 10.1. The molecule has 104 valence electrons. The first-order valence-electron chi connectivity index (χ1n) is 5.98. The van der Waals surface area contributed by atoms with Crippen molar-refractivity contribution in [3.8, 4) is 5.75 Å². The molecule has 0 atom stereocenters. The molecule has 7 heteroatoms. The van der Waals surface area contributed by atoms with Crippen LogP contribution in [0.4, 0.5) is 14.5 Å². The lowest BCUT2D eigenvalue weighted by molar-refractivity contribution is -0.386. The highest BCUT2D eigenvalue weighted by Crippen LogP contribution is 2.29. The monoisotopic (exact) mass is 272 g/mol. The maximum atomic E-state index is 12.1. The molecule has 0 aliphatic heterocycles. The van der Waals surface area contributed by atoms with E-state index in [1.807, 2.05) is 0 Å². The highest BCUT2D eigenvalue weighted by atomic mass is 19.3. The average Bonchev–Trinajstić information content (AvgIpc) is 3.17. The van der Waals surface area contributed by atoms with Crippen LogP contribution in [0.3, 0.4) is 0 Å². The van der Waals surface area contributed by atoms with Crippen LogP contribution < -0.4 is 10.1 Å². The number of halogens is 2. The molecule has 0 bridgehead atoms. The molecule has 1 aliphatic carbocycles. The molecule has 1 saturated carbocycles. The molecular weight excluding hydrogens is 258 g/mol. The number of nitrogens with one attached hydrogen (secondary N) is 1. The molecule has 0 amide bonds. The van der Waals surface area contributed by atoms with Crippen molar-refractivity contribution in [2.45, 2.75) is 31.9 Å². The predicted molar refractivity (Wildman–Crippen MR) is 64.5 cm³/mol. The van der Waals surface area contributed by atoms with Crippen molar-refractivity contribution < 1.29 is 18.4 Å². The van der Waals surface area contributed by atoms with E-state index in [0.717, 1.165) is 18.4 Å². The minimum Gasteiger partial charge on any atom is -0.481 e. The Morgan fingerprint density at radius 3 is 2.79 bits per heavy atom. The number of alkyl halides is 2. The van der Waals surface area contributed by atoms with Crippen LogP contribution in [0.5, 0.6) is 5.75 Å². The van der Waals surface area contributed by atoms with Crippen LogP contribution in [-0.2, 0) is 6.54 Å². The highest BCUT2D eigenvalue weighted by molar-refractivity contribution is 5.48. The summed E-state index contributed by atoms with van der Waals surface area (Å²) in [6.45, 7) is -0.298. The molecule has 19 heavy (non-hydrogen) atoms. The van der Waals surface area contributed by atoms with Gasteiger partial charge in [-0.3, -0.25) is 10.1 Å². The van der Waals surface area contributed by atoms with Crippen LogP contribution in [0, 0.1) is 10.1 Å². The van der Waals surface area contributed by atoms with Crippen LogP contribution in [0.2, 0.25) is 0 Å². The van der Waals surface area contributed by atoms with Crippen LogP contribution in [0.25, 0.3) is 0 Å². The third kappa shape index (κ3) is 4.13. The average molecular weight is 272 g/mol. The minimum absolute atomic E-state index is 0.111. The Hall–Kier alpha value is -1.76. The number of nitrogens with zero attached hydrogens (tertiary/aromatic N) is 1. The first-order valence-corrected chi connectivity index (χ1v) is 5.98. The molecule has 0 aromatic heterocycles. The number of hydrogen-bond donors (Lipinski definition) is 1. The normalized spacial score (nSPS) is 14.7. The largest absolute Gasteiger partial charge is 0.481 e. The Bertz CT molecular complexity index is 464. The van der Waals surface area contributed by atoms with E-state index in [-0.39, 0.29) is 11.4 Å². The van der Waals surface area contributed by atoms with Gasteiger partial charge in [-0.15, -0.1) is 0 Å². The van der Waals surface area contributed by atoms with E-state index in [1.165, 1.54) is 12.1 Å². The summed E-state index contributed by atoms with van der Waals surface area (Å²) in [6, 6.07) is 4.82. The second kappa shape index (κ2) is 5.92. The molecule has 0 heterocycles. The lowest BCUT2D eigenvalue weighted by Gasteiger charge is -2.09. The molecule has 5 nitrogen and oxygen atoms in total. The fourth-order valence-electron chi connectivity index (χ4n) is 1.64. The molecule has 0 unspecified atom stereocenters. The van der Waals surface area contributed by atoms with Gasteiger partial charge in [-0.1, -0.05) is 6.07 Å². The summed E-state index contributed by atoms with van der Waals surface area (Å²) >= 11 is 0. The number of nitro benzene ring substituents is 1. The van der Waals surface area contributed by atoms with Gasteiger partial charge in [-0.05, 0) is 24.5 Å². The lowest BCUT2D eigenvalue weighted by Crippen LogP contribution is -2.15. The fourth-order valence-corrected chi connectivity index (χ4v) is 1.64. The maximum absolute atomic E-state index is 12.1. The van der Waals surface area contributed by atoms with Crippen molar-refractivity contribution in [3.63, 3.8) is 0 Å². The number of ether oxygens (including phenoxy) is 1. The zero-order valence-corrected chi connectivity index (χ0v) is 10.1. The number of hydrogen-bond acceptors (Lipinski definition) is 4. The standard InChI is InChI=1S/C12H14F2N2O3/c13-12(14)7-19-11-5-8(6-15-9-2-3-9)1-4-10(11)16(17)18/h1,4-5,9,12,15H,2-3,6-7H2. The highest BCUT2D eigenvalue weighted by Gasteiger charge is 2.21. The Morgan fingerprint density at radius 1 is 1.47 bits per heavy atom. The Balaban J connectivity index is 2.08. The molecule has 0 radical (unpaired) electrons. The van der Waals surface area contributed by atoms with E-state index < -0.39 is 18.0 Å². The van der Waals surface area contributed by atoms with Gasteiger partial charge in [0.2, 0.25) is 0 Å². The molecule has 0 saturated heterocycles. The number of benzene rings is 1. The van der Waals surface area contributed by atoms with E-state index in [2.05, 4.69) is 5.32 Å². The molecule has 1 aromatic carbocycles. The van der Waals surface area contributed by atoms with Crippen molar-refractivity contribution in [3.05, 3.63) is 33.9 Å². The van der Waals surface area contributed by atoms with E-state index in [9.17, 15) is 18.9 Å². The Labute approximate surface area is 108 Å². The van der Waals surface area contributed by atoms with Crippen LogP contribution in [-0.4, -0.2) is 24.0 Å². The van der Waals surface area contributed by atoms with E-state index in [4.69, 9.17) is 4.74 Å². The van der Waals surface area contributed by atoms with Crippen LogP contribution >= 0.6 is 0 Å². The zero-order chi connectivity index (χ0) is 13.8. The second-order valence-corrected chi connectivity index (χ2v) is 4.42. The Kier molecular flexibility index (Phi) is 4.26. The summed E-state index contributed by atoms with van der Waals surface area (Å²) in [5.41, 5.74) is 0.484. The van der Waals surface area contributed by atoms with Gasteiger partial charge in [0.25, 0.3) is 6.43 Å². The molecule has 1 aliphatic rings. The maximum Gasteiger partial charge on any atom is 0.310 e. The van der Waals surface area contributed by atoms with Gasteiger partial charge in [-0.2, -0.15) is 0 Å². The second-order valence-electron chi connectivity index (χ2n) is 4.42. The molecule has 1 aromatic rings. The van der Waals surface area contributed by atoms with Gasteiger partial charge in [0.1, 0.15) is 6.61 Å². The van der Waals surface area contributed by atoms with Crippen molar-refractivity contribution in [1.29, 1.82) is 0 Å². The van der Waals surface area contributed by atoms with Gasteiger partial charge < -0.3 is 10.1 Å². The quantitative estimate of drug-likeness (QED) is 0.611. The van der Waals surface area contributed by atoms with Gasteiger partial charge in [0.15, 0.2) is 5.75 Å². The van der Waals surface area contributed by atoms with E-state index >= 15 is 0 Å². The summed E-state index contributed by atoms with van der Waals surface area (Å²) in [5.74, 6) is -0.111. The third-order valence-corrected chi connectivity index (χ3v) is 2.76. The molecule has 1 N–H and O–H groups in total. The van der Waals surface area contributed by atoms with Crippen molar-refractivity contribution in [1.82, 2.24) is 5.32 Å². The van der Waals surface area contributed by atoms with Gasteiger partial charge in [-0.25, -0.2) is 8.78 Å². The summed E-state index contributed by atoms with van der Waals surface area (Å²) in [6.07, 6.45) is -0.406. The van der Waals surface area contributed by atoms with E-state index in [1.54, 1.807) is 6.07 Å². The molecule has 2 rings (SSSR count). The summed E-state index contributed by atoms with van der Waals surface area (Å²) in [4.78, 5) is 10.1. The third-order valence-electron chi connectivity index (χ3n) is 2.76. The topological polar surface area (TPSA) is 64.4 Å². The van der Waals surface area contributed by atoms with Crippen molar-refractivity contribution in [2.75, 3.05) is 6.61 Å². The van der Waals surface area contributed by atoms with Gasteiger partial charge >= 0.3 is 5.69 Å². The van der Waals surface area contributed by atoms with Crippen LogP contribution in [0.1, 0.15) is 18.4 Å². The minimum atomic E-state index is -2.66. The van der Waals surface area contributed by atoms with E-state index in [0.29, 0.717) is 12.6 Å². The Morgan fingerprint density at radius 2 is 2.21 bits per heavy atom. The van der Waals surface area contributed by atoms with Crippen molar-refractivity contribution >= 4 is 5.69 Å². The summed E-state index contributed by atoms with van der Waals surface area (Å²) in [7, 11) is 0. The SMILES string of the molecule is O=[N+]([O-])c1ccc(CNC2CC2)cc1OCC(F)F. The fraction of sp³-hybridized carbons (Fsp3) is 0.500. The summed E-state index contributed by atoms with van der Waals surface area (Å²) in [5, 5.41) is 14.0. The lowest BCUT2D eigenvalue weighted by atomic mass is 10.2. The predicted octanol–water partition coefficient (Wildman–Crippen LogP) is 2.49. The van der Waals surface area contributed by atoms with Gasteiger partial charge in [0.05, 0.1) is 4.92 Å². The molecule has 0 spiro atoms. The smallest absolute Gasteiger partial charge is 0.310 e. The van der Waals surface area contributed by atoms with Crippen molar-refractivity contribution in [2.24, 2.45) is 0 Å². The number of rotatable bonds is 7. The molecular formula is C12H14F2N2O3. The van der Waals surface area contributed by atoms with Gasteiger partial charge in [0, 0.05) is 18.7 Å². The number of nitro groups is 1. The summed E-state index contributed by atoms with van der Waals surface area (Å²) < 4.78 is 29.0. The molecule has 1 fully saturated rings. The van der Waals surface area contributed by atoms with Crippen LogP contribution in [0.15, 0.2) is 18.2 Å². The first-order chi connectivity index (χ1) is 9.06.